The van der Waals surface area contributed by atoms with Crippen LogP contribution >= 0.6 is 0 Å². The van der Waals surface area contributed by atoms with Crippen molar-refractivity contribution in [3.05, 3.63) is 0 Å². The Labute approximate surface area is 351 Å². The van der Waals surface area contributed by atoms with Gasteiger partial charge in [-0.25, -0.2) is 0 Å². The molecule has 27 atom stereocenters. The fraction of sp³-hybridized carbons (Fsp3) is 1.00. The van der Waals surface area contributed by atoms with E-state index in [1.165, 1.54) is 0 Å². The van der Waals surface area contributed by atoms with Gasteiger partial charge in [0.25, 0.3) is 0 Å². The molecule has 2 saturated carbocycles. The standard InChI is InChI=1S/C18H36N4O8.C17H33N3O11/c1-6-12(5-23)28-18(13(6)25)30-16-14(26)7(20)2-8(21)15(16)29-17-9(22)3-10(24)11(4-19)27-17;18-4-1-5(19)14(30-16-8(20)12(26)10(24)6(2-21)28-16)15(9(4)23)31-17-13(27)11(25)7(3-22)29-17/h6-18,23-26H,2-5,19-22H2,1H3;4-17,21-27H,1-3,18-20H2. The second kappa shape index (κ2) is 22.0. The lowest BCUT2D eigenvalue weighted by molar-refractivity contribution is -0.310. The maximum absolute atomic E-state index is 10.7. The molecule has 0 bridgehead atoms. The Morgan fingerprint density at radius 2 is 0.836 bits per heavy atom. The Morgan fingerprint density at radius 3 is 1.31 bits per heavy atom. The van der Waals surface area contributed by atoms with E-state index in [-0.39, 0.29) is 38.3 Å². The lowest BCUT2D eigenvalue weighted by atomic mass is 9.84. The van der Waals surface area contributed by atoms with Crippen LogP contribution in [0.15, 0.2) is 0 Å². The average molecular weight is 892 g/mol. The Kier molecular flexibility index (Phi) is 18.3. The SMILES string of the molecule is CC1C(CO)OC(OC2C(O)C(N)CC(N)C2OC2OC(CN)C(O)CC2N)C1O.NC1CC(N)C(OC2OC(CO)C(O)C(O)C2N)C(OC2OC(CO)C(O)C2O)C1O. The van der Waals surface area contributed by atoms with E-state index in [0.717, 1.165) is 0 Å². The maximum atomic E-state index is 10.7. The van der Waals surface area contributed by atoms with Crippen LogP contribution in [-0.4, -0.2) is 242 Å². The van der Waals surface area contributed by atoms with E-state index >= 15 is 0 Å². The molecule has 61 heavy (non-hydrogen) atoms. The Bertz CT molecular complexity index is 1340. The van der Waals surface area contributed by atoms with Gasteiger partial charge in [-0.05, 0) is 19.3 Å². The van der Waals surface area contributed by atoms with E-state index in [0.29, 0.717) is 0 Å². The number of hydrogen-bond donors (Lipinski definition) is 18. The van der Waals surface area contributed by atoms with Crippen molar-refractivity contribution in [2.75, 3.05) is 26.4 Å². The number of nitrogens with two attached hydrogens (primary N) is 7. The summed E-state index contributed by atoms with van der Waals surface area (Å²) in [7, 11) is 0. The fourth-order valence-electron chi connectivity index (χ4n) is 8.45. The summed E-state index contributed by atoms with van der Waals surface area (Å²) in [5.41, 5.74) is 42.0. The lowest BCUT2D eigenvalue weighted by Gasteiger charge is -2.47. The third kappa shape index (κ3) is 11.2. The molecule has 4 saturated heterocycles. The minimum Gasteiger partial charge on any atom is -0.394 e. The molecular weight excluding hydrogens is 822 g/mol. The highest BCUT2D eigenvalue weighted by molar-refractivity contribution is 5.03. The van der Waals surface area contributed by atoms with Crippen LogP contribution in [0, 0.1) is 5.92 Å². The van der Waals surface area contributed by atoms with E-state index in [2.05, 4.69) is 0 Å². The zero-order valence-electron chi connectivity index (χ0n) is 33.8. The van der Waals surface area contributed by atoms with Gasteiger partial charge in [-0.15, -0.1) is 0 Å². The van der Waals surface area contributed by atoms with Crippen LogP contribution in [0.25, 0.3) is 0 Å². The first kappa shape index (κ1) is 51.0. The number of aliphatic hydroxyl groups excluding tert-OH is 11. The molecule has 27 unspecified atom stereocenters. The minimum atomic E-state index is -1.52. The second-order valence-corrected chi connectivity index (χ2v) is 16.8. The fourth-order valence-corrected chi connectivity index (χ4v) is 8.45. The summed E-state index contributed by atoms with van der Waals surface area (Å²) in [4.78, 5) is 0. The van der Waals surface area contributed by atoms with Crippen LogP contribution < -0.4 is 40.1 Å². The van der Waals surface area contributed by atoms with Gasteiger partial charge in [-0.2, -0.15) is 0 Å². The van der Waals surface area contributed by atoms with Gasteiger partial charge in [-0.1, -0.05) is 6.92 Å². The zero-order chi connectivity index (χ0) is 45.2. The van der Waals surface area contributed by atoms with Crippen LogP contribution in [0.1, 0.15) is 26.2 Å². The molecule has 0 aromatic carbocycles. The van der Waals surface area contributed by atoms with Crippen molar-refractivity contribution in [3.8, 4) is 0 Å². The Morgan fingerprint density at radius 1 is 0.426 bits per heavy atom. The quantitative estimate of drug-likeness (QED) is 0.0865. The summed E-state index contributed by atoms with van der Waals surface area (Å²) in [6, 6.07) is -4.75. The number of ether oxygens (including phenoxy) is 8. The third-order valence-electron chi connectivity index (χ3n) is 12.4. The summed E-state index contributed by atoms with van der Waals surface area (Å²) in [6.07, 6.45) is -22.1. The van der Waals surface area contributed by atoms with Gasteiger partial charge in [-0.3, -0.25) is 0 Å². The highest BCUT2D eigenvalue weighted by atomic mass is 16.7. The molecule has 26 heteroatoms. The van der Waals surface area contributed by atoms with Gasteiger partial charge in [0.15, 0.2) is 25.2 Å². The van der Waals surface area contributed by atoms with Gasteiger partial charge in [0.1, 0.15) is 67.1 Å². The Hall–Kier alpha value is -1.04. The van der Waals surface area contributed by atoms with Crippen LogP contribution in [-0.2, 0) is 37.9 Å². The van der Waals surface area contributed by atoms with Gasteiger partial charge in [0.05, 0.1) is 62.4 Å². The summed E-state index contributed by atoms with van der Waals surface area (Å²) >= 11 is 0. The largest absolute Gasteiger partial charge is 0.394 e. The van der Waals surface area contributed by atoms with E-state index in [9.17, 15) is 56.2 Å². The minimum absolute atomic E-state index is 0.0838. The van der Waals surface area contributed by atoms with Crippen molar-refractivity contribution < 1.29 is 94.1 Å². The lowest BCUT2D eigenvalue weighted by Crippen LogP contribution is -2.68. The molecule has 0 aromatic rings. The molecule has 0 aromatic heterocycles. The monoisotopic (exact) mass is 891 g/mol. The van der Waals surface area contributed by atoms with Gasteiger partial charge in [0, 0.05) is 36.6 Å². The molecule has 25 N–H and O–H groups in total. The first-order valence-electron chi connectivity index (χ1n) is 20.5. The second-order valence-electron chi connectivity index (χ2n) is 16.8. The molecule has 26 nitrogen and oxygen atoms in total. The molecule has 6 fully saturated rings. The molecule has 0 spiro atoms. The van der Waals surface area contributed by atoms with Crippen molar-refractivity contribution >= 4 is 0 Å². The summed E-state index contributed by atoms with van der Waals surface area (Å²) in [5.74, 6) is -0.371. The van der Waals surface area contributed by atoms with Crippen molar-refractivity contribution in [1.82, 2.24) is 0 Å². The summed E-state index contributed by atoms with van der Waals surface area (Å²) in [6.45, 7) is 0.346. The van der Waals surface area contributed by atoms with Crippen LogP contribution in [0.4, 0.5) is 0 Å². The Balaban J connectivity index is 0.000000231. The predicted molar refractivity (Wildman–Crippen MR) is 203 cm³/mol. The first-order chi connectivity index (χ1) is 28.8. The van der Waals surface area contributed by atoms with Crippen molar-refractivity contribution in [2.24, 2.45) is 46.1 Å². The molecule has 6 rings (SSSR count). The van der Waals surface area contributed by atoms with Crippen molar-refractivity contribution in [3.63, 3.8) is 0 Å². The maximum Gasteiger partial charge on any atom is 0.187 e. The topological polar surface area (TPSA) is 479 Å². The summed E-state index contributed by atoms with van der Waals surface area (Å²) < 4.78 is 45.5. The first-order valence-corrected chi connectivity index (χ1v) is 20.5. The highest BCUT2D eigenvalue weighted by Crippen LogP contribution is 2.35. The van der Waals surface area contributed by atoms with Crippen LogP contribution in [0.2, 0.25) is 0 Å². The highest BCUT2D eigenvalue weighted by Gasteiger charge is 2.53. The third-order valence-corrected chi connectivity index (χ3v) is 12.4. The van der Waals surface area contributed by atoms with Crippen LogP contribution in [0.5, 0.6) is 0 Å². The van der Waals surface area contributed by atoms with Gasteiger partial charge < -0.3 is 134 Å². The molecule has 4 aliphatic heterocycles. The van der Waals surface area contributed by atoms with E-state index in [4.69, 9.17) is 78.0 Å². The van der Waals surface area contributed by atoms with Gasteiger partial charge in [0.2, 0.25) is 0 Å². The normalized spacial score (nSPS) is 53.1. The van der Waals surface area contributed by atoms with E-state index in [1.54, 1.807) is 6.92 Å². The molecular formula is C35H69N7O19. The predicted octanol–water partition coefficient (Wildman–Crippen LogP) is -11.0. The number of hydrogen-bond acceptors (Lipinski definition) is 26. The van der Waals surface area contributed by atoms with E-state index in [1.807, 2.05) is 0 Å². The van der Waals surface area contributed by atoms with Gasteiger partial charge >= 0.3 is 0 Å². The number of aliphatic hydroxyl groups is 11. The smallest absolute Gasteiger partial charge is 0.187 e. The molecule has 6 aliphatic rings. The van der Waals surface area contributed by atoms with Crippen molar-refractivity contribution in [2.45, 2.75) is 185 Å². The molecule has 2 aliphatic carbocycles. The van der Waals surface area contributed by atoms with Crippen LogP contribution in [0.3, 0.4) is 0 Å². The average Bonchev–Trinajstić information content (AvgIpc) is 3.66. The molecule has 0 amide bonds. The molecule has 358 valence electrons. The molecule has 0 radical (unpaired) electrons. The number of rotatable bonds is 12. The van der Waals surface area contributed by atoms with Crippen molar-refractivity contribution in [1.29, 1.82) is 0 Å². The van der Waals surface area contributed by atoms with E-state index < -0.39 is 172 Å². The summed E-state index contributed by atoms with van der Waals surface area (Å²) in [5, 5.41) is 110. The molecule has 4 heterocycles. The zero-order valence-corrected chi connectivity index (χ0v) is 33.8.